The van der Waals surface area contributed by atoms with Crippen LogP contribution in [0, 0.1) is 13.8 Å². The average molecular weight is 438 g/mol. The van der Waals surface area contributed by atoms with Crippen molar-refractivity contribution >= 4 is 22.8 Å². The molecule has 0 aliphatic carbocycles. The van der Waals surface area contributed by atoms with Crippen molar-refractivity contribution in [2.45, 2.75) is 47.0 Å². The molecule has 0 aliphatic rings. The van der Waals surface area contributed by atoms with Crippen LogP contribution >= 0.6 is 11.6 Å². The molecular formula is C25H28ClN3O2. The average Bonchev–Trinajstić information content (AvgIpc) is 3.15. The summed E-state index contributed by atoms with van der Waals surface area (Å²) < 4.78 is 11.6. The minimum Gasteiger partial charge on any atom is -0.496 e. The van der Waals surface area contributed by atoms with Crippen LogP contribution in [0.5, 0.6) is 5.75 Å². The number of hydrogen-bond acceptors (Lipinski definition) is 5. The summed E-state index contributed by atoms with van der Waals surface area (Å²) in [4.78, 5) is 14.1. The van der Waals surface area contributed by atoms with Crippen LogP contribution in [0.15, 0.2) is 52.0 Å². The molecule has 0 fully saturated rings. The monoisotopic (exact) mass is 437 g/mol. The number of allylic oxidation sites excluding steroid dienone is 5. The van der Waals surface area contributed by atoms with Crippen molar-refractivity contribution in [3.05, 3.63) is 70.2 Å². The number of hydrogen-bond donors (Lipinski definition) is 0. The summed E-state index contributed by atoms with van der Waals surface area (Å²) in [6, 6.07) is 4.02. The molecule has 0 amide bonds. The summed E-state index contributed by atoms with van der Waals surface area (Å²) in [6.45, 7) is 14.2. The zero-order chi connectivity index (χ0) is 22.7. The summed E-state index contributed by atoms with van der Waals surface area (Å²) >= 11 is 6.03. The SMILES string of the molecule is C=C(/C=C\C(Cl)=C/C)Cc1nc(C(C)C)c2nc(-c3cc(C)c(OC)c(C)c3)oc2n1. The van der Waals surface area contributed by atoms with Gasteiger partial charge in [0.1, 0.15) is 11.6 Å². The number of nitrogens with zero attached hydrogens (tertiary/aromatic N) is 3. The molecule has 1 aromatic carbocycles. The molecule has 0 N–H and O–H groups in total. The predicted molar refractivity (Wildman–Crippen MR) is 127 cm³/mol. The molecule has 0 saturated carbocycles. The van der Waals surface area contributed by atoms with Gasteiger partial charge >= 0.3 is 0 Å². The van der Waals surface area contributed by atoms with Gasteiger partial charge in [-0.05, 0) is 61.6 Å². The first-order valence-electron chi connectivity index (χ1n) is 10.2. The smallest absolute Gasteiger partial charge is 0.251 e. The molecule has 6 heteroatoms. The van der Waals surface area contributed by atoms with Crippen LogP contribution in [0.2, 0.25) is 0 Å². The van der Waals surface area contributed by atoms with Gasteiger partial charge in [-0.1, -0.05) is 44.2 Å². The second kappa shape index (κ2) is 9.48. The molecule has 3 rings (SSSR count). The van der Waals surface area contributed by atoms with E-state index in [4.69, 9.17) is 30.7 Å². The molecule has 0 unspecified atom stereocenters. The predicted octanol–water partition coefficient (Wildman–Crippen LogP) is 6.83. The Labute approximate surface area is 188 Å². The maximum atomic E-state index is 6.09. The van der Waals surface area contributed by atoms with Crippen molar-refractivity contribution in [1.82, 2.24) is 15.0 Å². The maximum absolute atomic E-state index is 6.09. The second-order valence-corrected chi connectivity index (χ2v) is 8.27. The Kier molecular flexibility index (Phi) is 6.96. The Morgan fingerprint density at radius 3 is 2.42 bits per heavy atom. The first-order chi connectivity index (χ1) is 14.7. The van der Waals surface area contributed by atoms with E-state index in [9.17, 15) is 0 Å². The number of aryl methyl sites for hydroxylation is 2. The normalized spacial score (nSPS) is 12.3. The molecule has 5 nitrogen and oxygen atoms in total. The van der Waals surface area contributed by atoms with Crippen molar-refractivity contribution in [1.29, 1.82) is 0 Å². The van der Waals surface area contributed by atoms with E-state index in [0.717, 1.165) is 33.7 Å². The van der Waals surface area contributed by atoms with E-state index >= 15 is 0 Å². The highest BCUT2D eigenvalue weighted by atomic mass is 35.5. The van der Waals surface area contributed by atoms with Gasteiger partial charge in [0.15, 0.2) is 5.52 Å². The van der Waals surface area contributed by atoms with E-state index in [-0.39, 0.29) is 5.92 Å². The van der Waals surface area contributed by atoms with Crippen LogP contribution in [-0.2, 0) is 6.42 Å². The number of rotatable bonds is 7. The van der Waals surface area contributed by atoms with Crippen LogP contribution in [0.1, 0.15) is 49.3 Å². The van der Waals surface area contributed by atoms with Gasteiger partial charge in [-0.15, -0.1) is 0 Å². The molecular weight excluding hydrogens is 410 g/mol. The molecule has 3 aromatic rings. The van der Waals surface area contributed by atoms with Gasteiger partial charge in [-0.2, -0.15) is 4.98 Å². The Morgan fingerprint density at radius 2 is 1.84 bits per heavy atom. The van der Waals surface area contributed by atoms with E-state index in [2.05, 4.69) is 25.4 Å². The Bertz CT molecular complexity index is 1170. The van der Waals surface area contributed by atoms with E-state index < -0.39 is 0 Å². The van der Waals surface area contributed by atoms with Crippen LogP contribution < -0.4 is 4.74 Å². The summed E-state index contributed by atoms with van der Waals surface area (Å²) in [5.41, 5.74) is 5.84. The topological polar surface area (TPSA) is 61.0 Å². The van der Waals surface area contributed by atoms with Crippen molar-refractivity contribution < 1.29 is 9.15 Å². The van der Waals surface area contributed by atoms with Crippen molar-refractivity contribution in [3.63, 3.8) is 0 Å². The first-order valence-corrected chi connectivity index (χ1v) is 10.6. The fourth-order valence-corrected chi connectivity index (χ4v) is 3.51. The summed E-state index contributed by atoms with van der Waals surface area (Å²) in [5, 5.41) is 0.658. The highest BCUT2D eigenvalue weighted by Gasteiger charge is 2.19. The molecule has 0 saturated heterocycles. The quantitative estimate of drug-likeness (QED) is 0.379. The zero-order valence-electron chi connectivity index (χ0n) is 18.9. The third-order valence-corrected chi connectivity index (χ3v) is 5.27. The highest BCUT2D eigenvalue weighted by Crippen LogP contribution is 2.32. The molecule has 0 radical (unpaired) electrons. The summed E-state index contributed by atoms with van der Waals surface area (Å²) in [6.07, 6.45) is 6.01. The lowest BCUT2D eigenvalue weighted by Gasteiger charge is -2.09. The lowest BCUT2D eigenvalue weighted by molar-refractivity contribution is 0.408. The highest BCUT2D eigenvalue weighted by molar-refractivity contribution is 6.31. The van der Waals surface area contributed by atoms with E-state index in [0.29, 0.717) is 34.4 Å². The third kappa shape index (κ3) is 5.05. The number of benzene rings is 1. The molecule has 0 atom stereocenters. The summed E-state index contributed by atoms with van der Waals surface area (Å²) in [5.74, 6) is 2.21. The minimum atomic E-state index is 0.169. The van der Waals surface area contributed by atoms with Crippen LogP contribution in [0.3, 0.4) is 0 Å². The first kappa shape index (κ1) is 22.8. The Balaban J connectivity index is 2.03. The Hall–Kier alpha value is -2.92. The third-order valence-electron chi connectivity index (χ3n) is 4.93. The molecule has 162 valence electrons. The number of ether oxygens (including phenoxy) is 1. The molecule has 31 heavy (non-hydrogen) atoms. The van der Waals surface area contributed by atoms with Gasteiger partial charge in [0, 0.05) is 17.0 Å². The molecule has 0 bridgehead atoms. The maximum Gasteiger partial charge on any atom is 0.251 e. The van der Waals surface area contributed by atoms with Gasteiger partial charge in [0.25, 0.3) is 5.71 Å². The lowest BCUT2D eigenvalue weighted by Crippen LogP contribution is -2.03. The van der Waals surface area contributed by atoms with Gasteiger partial charge in [0.05, 0.1) is 12.8 Å². The van der Waals surface area contributed by atoms with Crippen LogP contribution in [0.4, 0.5) is 0 Å². The number of fused-ring (bicyclic) bond motifs is 1. The van der Waals surface area contributed by atoms with Crippen molar-refractivity contribution in [2.75, 3.05) is 7.11 Å². The van der Waals surface area contributed by atoms with Gasteiger partial charge < -0.3 is 9.15 Å². The lowest BCUT2D eigenvalue weighted by atomic mass is 10.1. The minimum absolute atomic E-state index is 0.169. The number of aromatic nitrogens is 3. The van der Waals surface area contributed by atoms with Gasteiger partial charge in [-0.3, -0.25) is 0 Å². The van der Waals surface area contributed by atoms with Gasteiger partial charge in [0.2, 0.25) is 5.89 Å². The van der Waals surface area contributed by atoms with E-state index in [1.807, 2.05) is 51.1 Å². The standard InChI is InChI=1S/C25H28ClN3O2/c1-8-19(26)10-9-15(4)11-20-27-21(14(2)3)22-25(28-20)31-24(29-22)18-12-16(5)23(30-7)17(6)13-18/h8-10,12-14H,4,11H2,1-3,5-7H3/b10-9-,19-8+. The largest absolute Gasteiger partial charge is 0.496 e. The molecule has 0 spiro atoms. The second-order valence-electron chi connectivity index (χ2n) is 7.84. The van der Waals surface area contributed by atoms with Crippen LogP contribution in [0.25, 0.3) is 22.7 Å². The van der Waals surface area contributed by atoms with Crippen molar-refractivity contribution in [3.8, 4) is 17.2 Å². The van der Waals surface area contributed by atoms with Gasteiger partial charge in [-0.25, -0.2) is 9.97 Å². The molecule has 0 aliphatic heterocycles. The Morgan fingerprint density at radius 1 is 1.16 bits per heavy atom. The fourth-order valence-electron chi connectivity index (χ4n) is 3.45. The number of methoxy groups -OCH3 is 1. The molecule has 2 aromatic heterocycles. The fraction of sp³-hybridized carbons (Fsp3) is 0.320. The van der Waals surface area contributed by atoms with Crippen molar-refractivity contribution in [2.24, 2.45) is 0 Å². The number of oxazole rings is 1. The van der Waals surface area contributed by atoms with E-state index in [1.165, 1.54) is 0 Å². The summed E-state index contributed by atoms with van der Waals surface area (Å²) in [7, 11) is 1.68. The zero-order valence-corrected chi connectivity index (χ0v) is 19.7. The number of halogens is 1. The van der Waals surface area contributed by atoms with Crippen LogP contribution in [-0.4, -0.2) is 22.1 Å². The molecule has 2 heterocycles. The van der Waals surface area contributed by atoms with E-state index in [1.54, 1.807) is 7.11 Å².